The molecule has 0 aliphatic carbocycles. The number of benzene rings is 2. The largest absolute Gasteiger partial charge is 0.487 e. The van der Waals surface area contributed by atoms with Crippen LogP contribution < -0.4 is 15.3 Å². The molecule has 0 saturated heterocycles. The normalized spacial score (nSPS) is 13.0. The van der Waals surface area contributed by atoms with Gasteiger partial charge in [-0.25, -0.2) is 4.98 Å². The van der Waals surface area contributed by atoms with Gasteiger partial charge in [-0.05, 0) is 72.2 Å². The lowest BCUT2D eigenvalue weighted by Crippen LogP contribution is -2.28. The standard InChI is InChI=1S/C25H23Cl2NO/c1-3-19-7-12-23(28-25(19)4-2)17-29-24-13-8-20(9-14-24)21(16-26)15-18-5-10-22(27)11-6-18/h3-15H,16-17H2,1-2H3/b19-3-,21-15-,25-4+. The number of allylic oxidation sites excluding steroid dienone is 1. The predicted molar refractivity (Wildman–Crippen MR) is 125 cm³/mol. The van der Waals surface area contributed by atoms with E-state index in [1.807, 2.05) is 74.5 Å². The summed E-state index contributed by atoms with van der Waals surface area (Å²) in [4.78, 5) is 4.64. The molecule has 29 heavy (non-hydrogen) atoms. The van der Waals surface area contributed by atoms with Crippen molar-refractivity contribution >= 4 is 47.0 Å². The minimum Gasteiger partial charge on any atom is -0.487 e. The fourth-order valence-electron chi connectivity index (χ4n) is 2.97. The highest BCUT2D eigenvalue weighted by molar-refractivity contribution is 6.30. The number of pyridine rings is 1. The van der Waals surface area contributed by atoms with Gasteiger partial charge in [-0.1, -0.05) is 54.1 Å². The number of hydrogen-bond acceptors (Lipinski definition) is 2. The first kappa shape index (κ1) is 21.2. The molecule has 0 N–H and O–H groups in total. The molecule has 3 rings (SSSR count). The third kappa shape index (κ3) is 5.72. The van der Waals surface area contributed by atoms with Crippen LogP contribution in [0.5, 0.6) is 5.75 Å². The van der Waals surface area contributed by atoms with Crippen LogP contribution in [0.15, 0.2) is 60.7 Å². The summed E-state index contributed by atoms with van der Waals surface area (Å²) in [7, 11) is 0. The number of nitrogens with zero attached hydrogens (tertiary/aromatic N) is 1. The molecule has 0 fully saturated rings. The van der Waals surface area contributed by atoms with Crippen LogP contribution in [-0.4, -0.2) is 10.9 Å². The van der Waals surface area contributed by atoms with Crippen LogP contribution in [0.2, 0.25) is 5.02 Å². The SMILES string of the molecule is C/C=c1/ccc(COc2ccc(/C(=C\c3ccc(Cl)cc3)CCl)cc2)n/c1=C/C. The molecule has 2 nitrogen and oxygen atoms in total. The fourth-order valence-corrected chi connectivity index (χ4v) is 3.32. The molecule has 0 radical (unpaired) electrons. The van der Waals surface area contributed by atoms with E-state index in [1.165, 1.54) is 0 Å². The molecular weight excluding hydrogens is 401 g/mol. The second-order valence-electron chi connectivity index (χ2n) is 6.52. The van der Waals surface area contributed by atoms with E-state index in [0.717, 1.165) is 43.7 Å². The molecule has 148 valence electrons. The van der Waals surface area contributed by atoms with Gasteiger partial charge in [-0.2, -0.15) is 0 Å². The summed E-state index contributed by atoms with van der Waals surface area (Å²) in [6, 6.07) is 19.7. The minimum absolute atomic E-state index is 0.420. The van der Waals surface area contributed by atoms with Gasteiger partial charge in [0.05, 0.1) is 11.0 Å². The summed E-state index contributed by atoms with van der Waals surface area (Å²) in [5.74, 6) is 1.22. The number of aromatic nitrogens is 1. The molecule has 2 aromatic carbocycles. The molecule has 0 aliphatic heterocycles. The number of rotatable bonds is 6. The lowest BCUT2D eigenvalue weighted by molar-refractivity contribution is 0.301. The van der Waals surface area contributed by atoms with Crippen LogP contribution in [-0.2, 0) is 6.61 Å². The van der Waals surface area contributed by atoms with Gasteiger partial charge in [0, 0.05) is 10.9 Å². The Labute approximate surface area is 181 Å². The fraction of sp³-hybridized carbons (Fsp3) is 0.160. The highest BCUT2D eigenvalue weighted by Crippen LogP contribution is 2.23. The molecule has 1 heterocycles. The van der Waals surface area contributed by atoms with Crippen LogP contribution in [0, 0.1) is 0 Å². The smallest absolute Gasteiger partial charge is 0.130 e. The lowest BCUT2D eigenvalue weighted by atomic mass is 10.0. The molecule has 0 spiro atoms. The van der Waals surface area contributed by atoms with E-state index in [1.54, 1.807) is 0 Å². The van der Waals surface area contributed by atoms with Crippen molar-refractivity contribution in [1.29, 1.82) is 0 Å². The van der Waals surface area contributed by atoms with Crippen LogP contribution >= 0.6 is 23.2 Å². The Hall–Kier alpha value is -2.55. The van der Waals surface area contributed by atoms with Crippen LogP contribution in [0.3, 0.4) is 0 Å². The van der Waals surface area contributed by atoms with Crippen molar-refractivity contribution in [2.45, 2.75) is 20.5 Å². The van der Waals surface area contributed by atoms with E-state index in [0.29, 0.717) is 12.5 Å². The summed E-state index contributed by atoms with van der Waals surface area (Å²) in [5.41, 5.74) is 4.06. The van der Waals surface area contributed by atoms with Gasteiger partial charge in [0.2, 0.25) is 0 Å². The summed E-state index contributed by atoms with van der Waals surface area (Å²) in [6.07, 6.45) is 6.13. The van der Waals surface area contributed by atoms with Crippen molar-refractivity contribution in [2.75, 3.05) is 5.88 Å². The quantitative estimate of drug-likeness (QED) is 0.375. The Morgan fingerprint density at radius 1 is 0.931 bits per heavy atom. The topological polar surface area (TPSA) is 22.1 Å². The second kappa shape index (κ2) is 10.3. The van der Waals surface area contributed by atoms with Crippen molar-refractivity contribution in [3.63, 3.8) is 0 Å². The maximum Gasteiger partial charge on any atom is 0.130 e. The summed E-state index contributed by atoms with van der Waals surface area (Å²) >= 11 is 12.1. The van der Waals surface area contributed by atoms with Crippen molar-refractivity contribution in [3.05, 3.63) is 93.1 Å². The van der Waals surface area contributed by atoms with Crippen LogP contribution in [0.4, 0.5) is 0 Å². The molecule has 0 amide bonds. The Morgan fingerprint density at radius 2 is 1.66 bits per heavy atom. The molecule has 0 aliphatic rings. The maximum absolute atomic E-state index is 6.18. The van der Waals surface area contributed by atoms with Gasteiger partial charge in [0.25, 0.3) is 0 Å². The first-order valence-electron chi connectivity index (χ1n) is 9.47. The van der Waals surface area contributed by atoms with E-state index < -0.39 is 0 Å². The Bertz CT molecular complexity index is 1100. The van der Waals surface area contributed by atoms with Gasteiger partial charge in [-0.15, -0.1) is 11.6 Å². The Balaban J connectivity index is 1.72. The zero-order valence-electron chi connectivity index (χ0n) is 16.5. The summed E-state index contributed by atoms with van der Waals surface area (Å²) < 4.78 is 5.91. The zero-order valence-corrected chi connectivity index (χ0v) is 18.0. The van der Waals surface area contributed by atoms with Gasteiger partial charge in [0.1, 0.15) is 12.4 Å². The third-order valence-electron chi connectivity index (χ3n) is 4.57. The lowest BCUT2D eigenvalue weighted by Gasteiger charge is -2.09. The van der Waals surface area contributed by atoms with E-state index in [2.05, 4.69) is 23.2 Å². The number of hydrogen-bond donors (Lipinski definition) is 0. The molecule has 4 heteroatoms. The average molecular weight is 424 g/mol. The van der Waals surface area contributed by atoms with Gasteiger partial charge >= 0.3 is 0 Å². The zero-order chi connectivity index (χ0) is 20.6. The van der Waals surface area contributed by atoms with Crippen molar-refractivity contribution in [2.24, 2.45) is 0 Å². The molecule has 0 bridgehead atoms. The maximum atomic E-state index is 6.18. The Kier molecular flexibility index (Phi) is 7.51. The number of halogens is 2. The van der Waals surface area contributed by atoms with E-state index in [9.17, 15) is 0 Å². The first-order valence-corrected chi connectivity index (χ1v) is 10.4. The van der Waals surface area contributed by atoms with E-state index in [4.69, 9.17) is 27.9 Å². The van der Waals surface area contributed by atoms with Gasteiger partial charge in [0.15, 0.2) is 0 Å². The molecule has 0 atom stereocenters. The van der Waals surface area contributed by atoms with Crippen molar-refractivity contribution in [1.82, 2.24) is 4.98 Å². The highest BCUT2D eigenvalue weighted by Gasteiger charge is 2.03. The van der Waals surface area contributed by atoms with Gasteiger partial charge < -0.3 is 4.74 Å². The van der Waals surface area contributed by atoms with E-state index in [-0.39, 0.29) is 0 Å². The predicted octanol–water partition coefficient (Wildman–Crippen LogP) is 5.69. The second-order valence-corrected chi connectivity index (χ2v) is 7.23. The molecule has 0 unspecified atom stereocenters. The van der Waals surface area contributed by atoms with Crippen molar-refractivity contribution in [3.8, 4) is 5.75 Å². The van der Waals surface area contributed by atoms with E-state index >= 15 is 0 Å². The number of ether oxygens (including phenoxy) is 1. The molecule has 1 aromatic heterocycles. The number of alkyl halides is 1. The summed E-state index contributed by atoms with van der Waals surface area (Å²) in [6.45, 7) is 4.43. The molecule has 0 saturated carbocycles. The molecule has 3 aromatic rings. The monoisotopic (exact) mass is 423 g/mol. The summed E-state index contributed by atoms with van der Waals surface area (Å²) in [5, 5.41) is 2.82. The third-order valence-corrected chi connectivity index (χ3v) is 5.11. The minimum atomic E-state index is 0.420. The highest BCUT2D eigenvalue weighted by atomic mass is 35.5. The average Bonchev–Trinajstić information content (AvgIpc) is 2.77. The molecular formula is C25H23Cl2NO. The van der Waals surface area contributed by atoms with Crippen molar-refractivity contribution < 1.29 is 4.74 Å². The Morgan fingerprint density at radius 3 is 2.28 bits per heavy atom. The van der Waals surface area contributed by atoms with Crippen LogP contribution in [0.25, 0.3) is 23.8 Å². The van der Waals surface area contributed by atoms with Crippen LogP contribution in [0.1, 0.15) is 30.7 Å². The van der Waals surface area contributed by atoms with Gasteiger partial charge in [-0.3, -0.25) is 0 Å². The first-order chi connectivity index (χ1) is 14.1.